The van der Waals surface area contributed by atoms with E-state index in [9.17, 15) is 4.79 Å². The van der Waals surface area contributed by atoms with E-state index < -0.39 is 5.97 Å². The number of thioether (sulfide) groups is 1. The van der Waals surface area contributed by atoms with Crippen molar-refractivity contribution in [2.24, 2.45) is 0 Å². The van der Waals surface area contributed by atoms with Crippen molar-refractivity contribution in [1.82, 2.24) is 4.98 Å². The van der Waals surface area contributed by atoms with E-state index in [1.54, 1.807) is 30.6 Å². The Morgan fingerprint density at radius 1 is 0.973 bits per heavy atom. The molecule has 1 heterocycles. The SMILES string of the molecule is COc1ccc(-c2nc(COc3ccc(OCC(=O)O)c(C)c3)sc2-c2ccc(SC(C)C)cc2)cc1. The molecule has 37 heavy (non-hydrogen) atoms. The summed E-state index contributed by atoms with van der Waals surface area (Å²) in [5, 5.41) is 10.2. The number of benzene rings is 3. The monoisotopic (exact) mass is 535 g/mol. The number of carboxylic acid groups (broad SMARTS) is 1. The quantitative estimate of drug-likeness (QED) is 0.201. The number of nitrogens with zero attached hydrogens (tertiary/aromatic N) is 1. The van der Waals surface area contributed by atoms with E-state index in [1.807, 2.05) is 49.0 Å². The Morgan fingerprint density at radius 3 is 2.27 bits per heavy atom. The van der Waals surface area contributed by atoms with Crippen molar-refractivity contribution in [1.29, 1.82) is 0 Å². The number of aliphatic carboxylic acids is 1. The maximum absolute atomic E-state index is 10.8. The lowest BCUT2D eigenvalue weighted by Gasteiger charge is -2.09. The van der Waals surface area contributed by atoms with Gasteiger partial charge in [0, 0.05) is 15.7 Å². The Kier molecular flexibility index (Phi) is 8.74. The van der Waals surface area contributed by atoms with E-state index in [0.717, 1.165) is 38.0 Å². The molecule has 8 heteroatoms. The molecule has 0 aliphatic rings. The fourth-order valence-corrected chi connectivity index (χ4v) is 5.52. The number of hydrogen-bond acceptors (Lipinski definition) is 7. The van der Waals surface area contributed by atoms with Gasteiger partial charge >= 0.3 is 5.97 Å². The third kappa shape index (κ3) is 7.05. The first-order valence-corrected chi connectivity index (χ1v) is 13.5. The molecule has 3 aromatic carbocycles. The molecular weight excluding hydrogens is 506 g/mol. The second-order valence-electron chi connectivity index (χ2n) is 8.60. The van der Waals surface area contributed by atoms with Crippen LogP contribution in [-0.4, -0.2) is 35.0 Å². The van der Waals surface area contributed by atoms with Crippen molar-refractivity contribution < 1.29 is 24.1 Å². The summed E-state index contributed by atoms with van der Waals surface area (Å²) in [6.07, 6.45) is 0. The van der Waals surface area contributed by atoms with Gasteiger partial charge in [-0.1, -0.05) is 26.0 Å². The highest BCUT2D eigenvalue weighted by molar-refractivity contribution is 7.99. The molecule has 0 aliphatic heterocycles. The van der Waals surface area contributed by atoms with E-state index in [-0.39, 0.29) is 6.61 Å². The predicted molar refractivity (Wildman–Crippen MR) is 149 cm³/mol. The van der Waals surface area contributed by atoms with Crippen LogP contribution >= 0.6 is 23.1 Å². The third-order valence-corrected chi connectivity index (χ3v) is 7.48. The molecule has 1 aromatic heterocycles. The fraction of sp³-hybridized carbons (Fsp3) is 0.241. The lowest BCUT2D eigenvalue weighted by Crippen LogP contribution is -2.10. The third-order valence-electron chi connectivity index (χ3n) is 5.38. The maximum Gasteiger partial charge on any atom is 0.341 e. The van der Waals surface area contributed by atoms with Gasteiger partial charge in [-0.3, -0.25) is 0 Å². The van der Waals surface area contributed by atoms with Gasteiger partial charge < -0.3 is 19.3 Å². The minimum absolute atomic E-state index is 0.309. The molecule has 0 atom stereocenters. The van der Waals surface area contributed by atoms with Crippen LogP contribution in [0.3, 0.4) is 0 Å². The van der Waals surface area contributed by atoms with Crippen molar-refractivity contribution >= 4 is 29.1 Å². The number of carboxylic acids is 1. The van der Waals surface area contributed by atoms with Crippen LogP contribution < -0.4 is 14.2 Å². The average molecular weight is 536 g/mol. The summed E-state index contributed by atoms with van der Waals surface area (Å²) in [5.74, 6) is 0.968. The molecule has 192 valence electrons. The van der Waals surface area contributed by atoms with E-state index in [2.05, 4.69) is 38.1 Å². The summed E-state index contributed by atoms with van der Waals surface area (Å²) < 4.78 is 16.7. The molecule has 0 radical (unpaired) electrons. The molecule has 4 aromatic rings. The smallest absolute Gasteiger partial charge is 0.341 e. The van der Waals surface area contributed by atoms with Gasteiger partial charge in [0.05, 0.1) is 17.7 Å². The molecule has 0 amide bonds. The minimum Gasteiger partial charge on any atom is -0.497 e. The van der Waals surface area contributed by atoms with Crippen LogP contribution in [0.15, 0.2) is 71.6 Å². The maximum atomic E-state index is 10.8. The average Bonchev–Trinajstić information content (AvgIpc) is 3.31. The topological polar surface area (TPSA) is 77.9 Å². The number of aromatic nitrogens is 1. The number of hydrogen-bond donors (Lipinski definition) is 1. The number of carbonyl (C=O) groups is 1. The largest absolute Gasteiger partial charge is 0.497 e. The summed E-state index contributed by atoms with van der Waals surface area (Å²) in [6, 6.07) is 21.9. The second-order valence-corrected chi connectivity index (χ2v) is 11.3. The van der Waals surface area contributed by atoms with Gasteiger partial charge in [-0.2, -0.15) is 0 Å². The molecule has 0 saturated heterocycles. The molecule has 0 saturated carbocycles. The van der Waals surface area contributed by atoms with Crippen molar-refractivity contribution in [3.63, 3.8) is 0 Å². The summed E-state index contributed by atoms with van der Waals surface area (Å²) in [7, 11) is 1.65. The Labute approximate surface area is 225 Å². The summed E-state index contributed by atoms with van der Waals surface area (Å²) in [4.78, 5) is 18.0. The Morgan fingerprint density at radius 2 is 1.65 bits per heavy atom. The van der Waals surface area contributed by atoms with Crippen LogP contribution in [0.25, 0.3) is 21.7 Å². The van der Waals surface area contributed by atoms with Crippen LogP contribution in [0.2, 0.25) is 0 Å². The van der Waals surface area contributed by atoms with E-state index >= 15 is 0 Å². The van der Waals surface area contributed by atoms with Crippen LogP contribution in [0, 0.1) is 6.92 Å². The molecule has 0 bridgehead atoms. The van der Waals surface area contributed by atoms with Gasteiger partial charge in [-0.05, 0) is 72.6 Å². The number of ether oxygens (including phenoxy) is 3. The van der Waals surface area contributed by atoms with Crippen molar-refractivity contribution in [3.8, 4) is 38.9 Å². The van der Waals surface area contributed by atoms with Gasteiger partial charge in [0.25, 0.3) is 0 Å². The van der Waals surface area contributed by atoms with Crippen molar-refractivity contribution in [2.45, 2.75) is 37.5 Å². The molecule has 0 spiro atoms. The lowest BCUT2D eigenvalue weighted by molar-refractivity contribution is -0.139. The van der Waals surface area contributed by atoms with Crippen LogP contribution in [0.4, 0.5) is 0 Å². The number of rotatable bonds is 11. The Bertz CT molecular complexity index is 1350. The number of methoxy groups -OCH3 is 1. The zero-order valence-electron chi connectivity index (χ0n) is 21.2. The summed E-state index contributed by atoms with van der Waals surface area (Å²) in [6.45, 7) is 6.16. The standard InChI is InChI=1S/C29H29NO5S2/c1-18(2)36-24-12-7-21(8-13-24)29-28(20-5-9-22(33-4)10-6-20)30-26(37-29)16-34-23-11-14-25(19(3)15-23)35-17-27(31)32/h5-15,18H,16-17H2,1-4H3,(H,31,32). The van der Waals surface area contributed by atoms with Crippen molar-refractivity contribution in [2.75, 3.05) is 13.7 Å². The minimum atomic E-state index is -1.01. The van der Waals surface area contributed by atoms with Crippen LogP contribution in [0.1, 0.15) is 24.4 Å². The van der Waals surface area contributed by atoms with Gasteiger partial charge in [0.2, 0.25) is 0 Å². The predicted octanol–water partition coefficient (Wildman–Crippen LogP) is 7.34. The summed E-state index contributed by atoms with van der Waals surface area (Å²) in [5.41, 5.74) is 3.83. The van der Waals surface area contributed by atoms with E-state index in [0.29, 0.717) is 23.4 Å². The van der Waals surface area contributed by atoms with Crippen LogP contribution in [-0.2, 0) is 11.4 Å². The first-order chi connectivity index (χ1) is 17.8. The van der Waals surface area contributed by atoms with E-state index in [4.69, 9.17) is 24.3 Å². The highest BCUT2D eigenvalue weighted by atomic mass is 32.2. The van der Waals surface area contributed by atoms with Gasteiger partial charge in [0.15, 0.2) is 6.61 Å². The van der Waals surface area contributed by atoms with Gasteiger partial charge in [0.1, 0.15) is 28.9 Å². The molecule has 0 fully saturated rings. The Hall–Kier alpha value is -3.49. The molecule has 4 rings (SSSR count). The normalized spacial score (nSPS) is 10.9. The number of thiazole rings is 1. The zero-order valence-corrected chi connectivity index (χ0v) is 22.8. The fourth-order valence-electron chi connectivity index (χ4n) is 3.68. The summed E-state index contributed by atoms with van der Waals surface area (Å²) >= 11 is 3.45. The highest BCUT2D eigenvalue weighted by Crippen LogP contribution is 2.39. The zero-order chi connectivity index (χ0) is 26.4. The molecule has 0 unspecified atom stereocenters. The molecule has 6 nitrogen and oxygen atoms in total. The second kappa shape index (κ2) is 12.2. The van der Waals surface area contributed by atoms with E-state index in [1.165, 1.54) is 4.90 Å². The lowest BCUT2D eigenvalue weighted by atomic mass is 10.1. The van der Waals surface area contributed by atoms with Gasteiger partial charge in [-0.25, -0.2) is 9.78 Å². The first kappa shape index (κ1) is 26.6. The van der Waals surface area contributed by atoms with Crippen LogP contribution in [0.5, 0.6) is 17.2 Å². The Balaban J connectivity index is 1.58. The van der Waals surface area contributed by atoms with Crippen molar-refractivity contribution in [3.05, 3.63) is 77.3 Å². The highest BCUT2D eigenvalue weighted by Gasteiger charge is 2.16. The molecule has 0 aliphatic carbocycles. The molecular formula is C29H29NO5S2. The first-order valence-electron chi connectivity index (χ1n) is 11.8. The molecule has 1 N–H and O–H groups in total. The van der Waals surface area contributed by atoms with Gasteiger partial charge in [-0.15, -0.1) is 23.1 Å². The number of aryl methyl sites for hydroxylation is 1.